The van der Waals surface area contributed by atoms with E-state index in [1.54, 1.807) is 0 Å². The number of allylic oxidation sites excluding steroid dienone is 1. The summed E-state index contributed by atoms with van der Waals surface area (Å²) in [5, 5.41) is 0. The van der Waals surface area contributed by atoms with E-state index in [1.807, 2.05) is 56.3 Å². The maximum absolute atomic E-state index is 13.3. The van der Waals surface area contributed by atoms with Crippen LogP contribution in [-0.2, 0) is 4.79 Å². The molecule has 2 saturated heterocycles. The number of nitrogens with zero attached hydrogens (tertiary/aromatic N) is 1. The average molecular weight is 351 g/mol. The highest BCUT2D eigenvalue weighted by molar-refractivity contribution is 5.88. The van der Waals surface area contributed by atoms with Crippen molar-refractivity contribution in [2.45, 2.75) is 38.9 Å². The van der Waals surface area contributed by atoms with Gasteiger partial charge in [0.05, 0.1) is 0 Å². The molecule has 3 atom stereocenters. The van der Waals surface area contributed by atoms with Crippen LogP contribution in [0.5, 0.6) is 0 Å². The predicted molar refractivity (Wildman–Crippen MR) is 91.9 cm³/mol. The Kier molecular flexibility index (Phi) is 4.80. The summed E-state index contributed by atoms with van der Waals surface area (Å²) in [7, 11) is 0. The predicted octanol–water partition coefficient (Wildman–Crippen LogP) is 4.57. The number of carbonyl (C=O) groups excluding carboxylic acids is 1. The van der Waals surface area contributed by atoms with Gasteiger partial charge >= 0.3 is 6.18 Å². The summed E-state index contributed by atoms with van der Waals surface area (Å²) < 4.78 is 39.9. The number of benzene rings is 1. The van der Waals surface area contributed by atoms with E-state index in [2.05, 4.69) is 4.90 Å². The van der Waals surface area contributed by atoms with Gasteiger partial charge in [0.25, 0.3) is 0 Å². The number of piperidine rings is 1. The fourth-order valence-corrected chi connectivity index (χ4v) is 4.50. The van der Waals surface area contributed by atoms with E-state index in [0.717, 1.165) is 25.1 Å². The summed E-state index contributed by atoms with van der Waals surface area (Å²) in [5.41, 5.74) is 0.544. The van der Waals surface area contributed by atoms with Crippen LogP contribution in [0.1, 0.15) is 32.3 Å². The van der Waals surface area contributed by atoms with Crippen LogP contribution >= 0.6 is 0 Å². The quantitative estimate of drug-likeness (QED) is 0.795. The topological polar surface area (TPSA) is 20.3 Å². The molecule has 0 spiro atoms. The number of halogens is 3. The Bertz CT molecular complexity index is 651. The molecule has 2 aliphatic heterocycles. The first kappa shape index (κ1) is 18.2. The number of Topliss-reactive ketones (excluding diaryl/α,β-unsaturated/α-hetero) is 1. The van der Waals surface area contributed by atoms with Crippen molar-refractivity contribution in [2.24, 2.45) is 17.3 Å². The number of carbonyl (C=O) groups is 1. The van der Waals surface area contributed by atoms with Gasteiger partial charge in [0, 0.05) is 18.5 Å². The Morgan fingerprint density at radius 2 is 1.92 bits per heavy atom. The fourth-order valence-electron chi connectivity index (χ4n) is 4.50. The van der Waals surface area contributed by atoms with Crippen molar-refractivity contribution < 1.29 is 18.0 Å². The maximum Gasteiger partial charge on any atom is 0.450 e. The molecule has 136 valence electrons. The zero-order chi connectivity index (χ0) is 18.2. The van der Waals surface area contributed by atoms with Crippen molar-refractivity contribution in [3.63, 3.8) is 0 Å². The molecule has 2 fully saturated rings. The zero-order valence-electron chi connectivity index (χ0n) is 14.6. The van der Waals surface area contributed by atoms with Crippen molar-refractivity contribution >= 4 is 11.9 Å². The van der Waals surface area contributed by atoms with E-state index in [4.69, 9.17) is 0 Å². The zero-order valence-corrected chi connectivity index (χ0v) is 14.6. The van der Waals surface area contributed by atoms with Gasteiger partial charge in [0.15, 0.2) is 0 Å². The third kappa shape index (κ3) is 3.66. The van der Waals surface area contributed by atoms with Crippen LogP contribution < -0.4 is 0 Å². The third-order valence-electron chi connectivity index (χ3n) is 5.61. The molecule has 0 amide bonds. The van der Waals surface area contributed by atoms with Crippen molar-refractivity contribution in [1.29, 1.82) is 0 Å². The molecular weight excluding hydrogens is 327 g/mol. The summed E-state index contributed by atoms with van der Waals surface area (Å²) in [6.07, 6.45) is 0.425. The van der Waals surface area contributed by atoms with E-state index < -0.39 is 29.2 Å². The summed E-state index contributed by atoms with van der Waals surface area (Å²) in [6, 6.07) is 9.20. The van der Waals surface area contributed by atoms with Crippen LogP contribution in [0.4, 0.5) is 13.2 Å². The number of rotatable bonds is 3. The van der Waals surface area contributed by atoms with Crippen LogP contribution in [-0.4, -0.2) is 36.0 Å². The van der Waals surface area contributed by atoms with Gasteiger partial charge in [-0.2, -0.15) is 13.2 Å². The van der Waals surface area contributed by atoms with E-state index in [-0.39, 0.29) is 6.04 Å². The smallest absolute Gasteiger partial charge is 0.299 e. The molecule has 5 heteroatoms. The summed E-state index contributed by atoms with van der Waals surface area (Å²) in [4.78, 5) is 14.4. The normalized spacial score (nSPS) is 29.7. The molecule has 2 nitrogen and oxygen atoms in total. The SMILES string of the molecule is CC1(C)CN2CCCC2C(C(=O)C(F)(F)F)C1/C=C/c1ccccc1. The van der Waals surface area contributed by atoms with Gasteiger partial charge in [0.1, 0.15) is 0 Å². The van der Waals surface area contributed by atoms with E-state index in [0.29, 0.717) is 6.42 Å². The molecule has 1 aromatic carbocycles. The number of hydrogen-bond acceptors (Lipinski definition) is 2. The maximum atomic E-state index is 13.3. The Labute approximate surface area is 146 Å². The van der Waals surface area contributed by atoms with E-state index >= 15 is 0 Å². The second-order valence-electron chi connectivity index (χ2n) is 7.85. The number of alkyl halides is 3. The Morgan fingerprint density at radius 1 is 1.24 bits per heavy atom. The molecule has 1 aromatic rings. The Morgan fingerprint density at radius 3 is 2.56 bits per heavy atom. The highest BCUT2D eigenvalue weighted by Crippen LogP contribution is 2.48. The Balaban J connectivity index is 1.97. The second-order valence-corrected chi connectivity index (χ2v) is 7.85. The number of hydrogen-bond donors (Lipinski definition) is 0. The molecule has 25 heavy (non-hydrogen) atoms. The molecular formula is C20H24F3NO. The highest BCUT2D eigenvalue weighted by atomic mass is 19.4. The fraction of sp³-hybridized carbons (Fsp3) is 0.550. The summed E-state index contributed by atoms with van der Waals surface area (Å²) in [5.74, 6) is -3.02. The van der Waals surface area contributed by atoms with Gasteiger partial charge in [-0.15, -0.1) is 0 Å². The monoisotopic (exact) mass is 351 g/mol. The lowest BCUT2D eigenvalue weighted by atomic mass is 9.64. The second kappa shape index (κ2) is 6.60. The van der Waals surface area contributed by atoms with E-state index in [9.17, 15) is 18.0 Å². The largest absolute Gasteiger partial charge is 0.450 e. The first-order chi connectivity index (χ1) is 11.7. The lowest BCUT2D eigenvalue weighted by Crippen LogP contribution is -2.58. The summed E-state index contributed by atoms with van der Waals surface area (Å²) in [6.45, 7) is 5.45. The molecule has 2 heterocycles. The van der Waals surface area contributed by atoms with Gasteiger partial charge < -0.3 is 0 Å². The number of ketones is 1. The van der Waals surface area contributed by atoms with Gasteiger partial charge in [0.2, 0.25) is 5.78 Å². The Hall–Kier alpha value is -1.62. The standard InChI is InChI=1S/C20H24F3NO/c1-19(2)13-24-12-6-9-16(24)17(18(25)20(21,22)23)15(19)11-10-14-7-4-3-5-8-14/h3-5,7-8,10-11,15-17H,6,9,12-13H2,1-2H3/b11-10+. The van der Waals surface area contributed by atoms with Crippen molar-refractivity contribution in [2.75, 3.05) is 13.1 Å². The minimum Gasteiger partial charge on any atom is -0.299 e. The molecule has 3 rings (SSSR count). The molecule has 0 bridgehead atoms. The van der Waals surface area contributed by atoms with Gasteiger partial charge in [-0.25, -0.2) is 0 Å². The minimum atomic E-state index is -4.79. The molecule has 2 aliphatic rings. The van der Waals surface area contributed by atoms with Crippen molar-refractivity contribution in [3.05, 3.63) is 42.0 Å². The van der Waals surface area contributed by atoms with Crippen LogP contribution in [0.3, 0.4) is 0 Å². The van der Waals surface area contributed by atoms with Crippen LogP contribution in [0, 0.1) is 17.3 Å². The molecule has 0 aliphatic carbocycles. The lowest BCUT2D eigenvalue weighted by molar-refractivity contribution is -0.183. The van der Waals surface area contributed by atoms with Gasteiger partial charge in [-0.3, -0.25) is 9.69 Å². The highest BCUT2D eigenvalue weighted by Gasteiger charge is 2.56. The number of fused-ring (bicyclic) bond motifs is 1. The first-order valence-electron chi connectivity index (χ1n) is 8.78. The van der Waals surface area contributed by atoms with E-state index in [1.165, 1.54) is 0 Å². The summed E-state index contributed by atoms with van der Waals surface area (Å²) >= 11 is 0. The third-order valence-corrected chi connectivity index (χ3v) is 5.61. The van der Waals surface area contributed by atoms with Crippen LogP contribution in [0.15, 0.2) is 36.4 Å². The first-order valence-corrected chi connectivity index (χ1v) is 8.78. The molecule has 0 saturated carbocycles. The van der Waals surface area contributed by atoms with Crippen molar-refractivity contribution in [1.82, 2.24) is 4.90 Å². The molecule has 0 N–H and O–H groups in total. The van der Waals surface area contributed by atoms with Gasteiger partial charge in [-0.1, -0.05) is 56.3 Å². The van der Waals surface area contributed by atoms with Crippen LogP contribution in [0.25, 0.3) is 6.08 Å². The van der Waals surface area contributed by atoms with Gasteiger partial charge in [-0.05, 0) is 36.3 Å². The molecule has 3 unspecified atom stereocenters. The van der Waals surface area contributed by atoms with Crippen LogP contribution in [0.2, 0.25) is 0 Å². The molecule has 0 aromatic heterocycles. The van der Waals surface area contributed by atoms with Crippen molar-refractivity contribution in [3.8, 4) is 0 Å². The minimum absolute atomic E-state index is 0.299. The average Bonchev–Trinajstić information content (AvgIpc) is 2.98. The molecule has 0 radical (unpaired) electrons. The lowest BCUT2D eigenvalue weighted by Gasteiger charge is -2.50.